The second kappa shape index (κ2) is 12.4. The Morgan fingerprint density at radius 2 is 1.80 bits per heavy atom. The van der Waals surface area contributed by atoms with E-state index in [4.69, 9.17) is 4.99 Å². The zero-order chi connectivity index (χ0) is 28.1. The number of urea groups is 1. The second-order valence-corrected chi connectivity index (χ2v) is 11.7. The number of hydrogen-bond donors (Lipinski definition) is 2. The van der Waals surface area contributed by atoms with Crippen LogP contribution in [-0.4, -0.2) is 61.4 Å². The van der Waals surface area contributed by atoms with E-state index in [-0.39, 0.29) is 18.0 Å². The number of nitrogens with zero attached hydrogens (tertiary/aromatic N) is 4. The molecule has 2 aliphatic heterocycles. The quantitative estimate of drug-likeness (QED) is 0.441. The van der Waals surface area contributed by atoms with Crippen molar-refractivity contribution in [3.8, 4) is 0 Å². The maximum atomic E-state index is 13.9. The summed E-state index contributed by atoms with van der Waals surface area (Å²) in [6.45, 7) is 4.61. The number of rotatable bonds is 8. The molecule has 2 heterocycles. The summed E-state index contributed by atoms with van der Waals surface area (Å²) >= 11 is 0. The molecule has 2 saturated heterocycles. The first-order valence-corrected chi connectivity index (χ1v) is 15.0. The molecule has 3 amide bonds. The number of piperidine rings is 1. The first-order valence-electron chi connectivity index (χ1n) is 15.0. The number of likely N-dealkylation sites (tertiary alicyclic amines) is 1. The van der Waals surface area contributed by atoms with Gasteiger partial charge in [0.25, 0.3) is 0 Å². The number of benzene rings is 2. The van der Waals surface area contributed by atoms with Crippen molar-refractivity contribution in [1.82, 2.24) is 10.2 Å². The van der Waals surface area contributed by atoms with Gasteiger partial charge in [0.05, 0.1) is 17.4 Å². The maximum absolute atomic E-state index is 13.9. The fourth-order valence-corrected chi connectivity index (χ4v) is 6.38. The molecule has 0 unspecified atom stereocenters. The van der Waals surface area contributed by atoms with Gasteiger partial charge in [0.15, 0.2) is 0 Å². The van der Waals surface area contributed by atoms with Gasteiger partial charge in [-0.2, -0.15) is 0 Å². The number of hydrogen-bond acceptors (Lipinski definition) is 5. The lowest BCUT2D eigenvalue weighted by Crippen LogP contribution is -2.57. The summed E-state index contributed by atoms with van der Waals surface area (Å²) in [5, 5.41) is 6.34. The Hall–Kier alpha value is -3.39. The van der Waals surface area contributed by atoms with Crippen LogP contribution in [0.15, 0.2) is 53.5 Å². The predicted molar refractivity (Wildman–Crippen MR) is 163 cm³/mol. The molecule has 8 nitrogen and oxygen atoms in total. The van der Waals surface area contributed by atoms with E-state index < -0.39 is 5.54 Å². The van der Waals surface area contributed by atoms with Crippen LogP contribution in [0, 0.1) is 0 Å². The number of carbonyl (C=O) groups is 2. The van der Waals surface area contributed by atoms with Crippen molar-refractivity contribution < 1.29 is 9.59 Å². The van der Waals surface area contributed by atoms with Crippen molar-refractivity contribution in [2.45, 2.75) is 82.8 Å². The van der Waals surface area contributed by atoms with Crippen molar-refractivity contribution in [1.29, 1.82) is 0 Å². The minimum atomic E-state index is -0.564. The molecule has 0 radical (unpaired) electrons. The van der Waals surface area contributed by atoms with Crippen molar-refractivity contribution in [3.05, 3.63) is 54.1 Å². The summed E-state index contributed by atoms with van der Waals surface area (Å²) in [6, 6.07) is 16.6. The molecule has 3 fully saturated rings. The van der Waals surface area contributed by atoms with Crippen LogP contribution in [0.25, 0.3) is 0 Å². The number of aliphatic imine (C=N–C) groups is 1. The van der Waals surface area contributed by atoms with Gasteiger partial charge in [0, 0.05) is 45.8 Å². The SMILES string of the molecule is CCCC(=O)Nc1cc(N(C)C)ccc1N1C(=O)NC(=NC2CCCCC2)C12CCN(Cc1ccccc1)CC2. The smallest absolute Gasteiger partial charge is 0.328 e. The van der Waals surface area contributed by atoms with E-state index in [9.17, 15) is 9.59 Å². The van der Waals surface area contributed by atoms with Gasteiger partial charge in [-0.1, -0.05) is 56.5 Å². The Bertz CT molecular complexity index is 1210. The summed E-state index contributed by atoms with van der Waals surface area (Å²) in [7, 11) is 3.96. The van der Waals surface area contributed by atoms with E-state index in [1.54, 1.807) is 0 Å². The Labute approximate surface area is 238 Å². The first kappa shape index (κ1) is 28.1. The van der Waals surface area contributed by atoms with E-state index in [0.29, 0.717) is 12.1 Å². The number of anilines is 3. The summed E-state index contributed by atoms with van der Waals surface area (Å²) in [5.74, 6) is 0.772. The van der Waals surface area contributed by atoms with Gasteiger partial charge in [0.2, 0.25) is 5.91 Å². The molecule has 1 spiro atoms. The maximum Gasteiger partial charge on any atom is 0.328 e. The fraction of sp³-hybridized carbons (Fsp3) is 0.531. The molecule has 1 aliphatic carbocycles. The molecule has 1 saturated carbocycles. The average Bonchev–Trinajstić information content (AvgIpc) is 3.21. The molecule has 0 aromatic heterocycles. The Morgan fingerprint density at radius 3 is 2.48 bits per heavy atom. The Balaban J connectivity index is 1.51. The van der Waals surface area contributed by atoms with E-state index in [1.807, 2.05) is 49.0 Å². The van der Waals surface area contributed by atoms with Crippen LogP contribution in [0.1, 0.15) is 70.3 Å². The van der Waals surface area contributed by atoms with Crippen LogP contribution in [-0.2, 0) is 11.3 Å². The second-order valence-electron chi connectivity index (χ2n) is 11.7. The molecule has 40 heavy (non-hydrogen) atoms. The molecule has 8 heteroatoms. The van der Waals surface area contributed by atoms with Crippen molar-refractivity contribution >= 4 is 34.8 Å². The third kappa shape index (κ3) is 6.02. The normalized spacial score (nSPS) is 20.6. The highest BCUT2D eigenvalue weighted by Crippen LogP contribution is 2.42. The topological polar surface area (TPSA) is 80.3 Å². The van der Waals surface area contributed by atoms with Gasteiger partial charge in [-0.05, 0) is 55.9 Å². The zero-order valence-electron chi connectivity index (χ0n) is 24.3. The lowest BCUT2D eigenvalue weighted by atomic mass is 9.84. The summed E-state index contributed by atoms with van der Waals surface area (Å²) in [4.78, 5) is 38.3. The Kier molecular flexibility index (Phi) is 8.74. The highest BCUT2D eigenvalue weighted by molar-refractivity contribution is 6.20. The van der Waals surface area contributed by atoms with Gasteiger partial charge >= 0.3 is 6.03 Å². The van der Waals surface area contributed by atoms with E-state index >= 15 is 0 Å². The summed E-state index contributed by atoms with van der Waals surface area (Å²) < 4.78 is 0. The highest BCUT2D eigenvalue weighted by atomic mass is 16.2. The van der Waals surface area contributed by atoms with Crippen molar-refractivity contribution in [3.63, 3.8) is 0 Å². The summed E-state index contributed by atoms with van der Waals surface area (Å²) in [6.07, 6.45) is 8.55. The van der Waals surface area contributed by atoms with Crippen LogP contribution < -0.4 is 20.4 Å². The van der Waals surface area contributed by atoms with Gasteiger partial charge in [-0.15, -0.1) is 0 Å². The first-order chi connectivity index (χ1) is 19.4. The van der Waals surface area contributed by atoms with Crippen LogP contribution >= 0.6 is 0 Å². The molecule has 214 valence electrons. The van der Waals surface area contributed by atoms with Crippen LogP contribution in [0.5, 0.6) is 0 Å². The van der Waals surface area contributed by atoms with E-state index in [2.05, 4.69) is 45.9 Å². The number of amides is 3. The van der Waals surface area contributed by atoms with Gasteiger partial charge in [0.1, 0.15) is 11.4 Å². The van der Waals surface area contributed by atoms with Crippen LogP contribution in [0.4, 0.5) is 21.9 Å². The van der Waals surface area contributed by atoms with Crippen LogP contribution in [0.2, 0.25) is 0 Å². The molecule has 0 atom stereocenters. The summed E-state index contributed by atoms with van der Waals surface area (Å²) in [5.41, 5.74) is 3.11. The molecule has 2 N–H and O–H groups in total. The molecule has 2 aromatic rings. The van der Waals surface area contributed by atoms with E-state index in [1.165, 1.54) is 24.8 Å². The standard InChI is InChI=1S/C32H44N6O2/c1-4-11-29(39)34-27-22-26(36(2)3)16-17-28(27)38-31(40)35-30(33-25-14-9-6-10-15-25)32(38)18-20-37(21-19-32)23-24-12-7-5-8-13-24/h5,7-8,12-13,16-17,22,25H,4,6,9-11,14-15,18-21,23H2,1-3H3,(H,34,39)(H,33,35,40). The van der Waals surface area contributed by atoms with E-state index in [0.717, 1.165) is 68.9 Å². The monoisotopic (exact) mass is 544 g/mol. The lowest BCUT2D eigenvalue weighted by molar-refractivity contribution is -0.116. The number of amidine groups is 1. The third-order valence-corrected chi connectivity index (χ3v) is 8.60. The molecule has 2 aromatic carbocycles. The lowest BCUT2D eigenvalue weighted by Gasteiger charge is -2.44. The number of carbonyl (C=O) groups excluding carboxylic acids is 2. The highest BCUT2D eigenvalue weighted by Gasteiger charge is 2.53. The molecular formula is C32H44N6O2. The van der Waals surface area contributed by atoms with Crippen LogP contribution in [0.3, 0.4) is 0 Å². The third-order valence-electron chi connectivity index (χ3n) is 8.60. The predicted octanol–water partition coefficient (Wildman–Crippen LogP) is 5.79. The minimum Gasteiger partial charge on any atom is -0.378 e. The zero-order valence-corrected chi connectivity index (χ0v) is 24.3. The Morgan fingerprint density at radius 1 is 1.07 bits per heavy atom. The van der Waals surface area contributed by atoms with Gasteiger partial charge in [-0.3, -0.25) is 24.9 Å². The van der Waals surface area contributed by atoms with Crippen molar-refractivity contribution in [2.75, 3.05) is 42.3 Å². The number of nitrogens with one attached hydrogen (secondary N) is 2. The average molecular weight is 545 g/mol. The molecule has 0 bridgehead atoms. The molecular weight excluding hydrogens is 500 g/mol. The molecule has 3 aliphatic rings. The van der Waals surface area contributed by atoms with Crippen molar-refractivity contribution in [2.24, 2.45) is 4.99 Å². The minimum absolute atomic E-state index is 0.0397. The largest absolute Gasteiger partial charge is 0.378 e. The van der Waals surface area contributed by atoms with Gasteiger partial charge in [-0.25, -0.2) is 4.79 Å². The fourth-order valence-electron chi connectivity index (χ4n) is 6.38. The van der Waals surface area contributed by atoms with Gasteiger partial charge < -0.3 is 10.2 Å². The molecule has 5 rings (SSSR count).